The first-order valence-corrected chi connectivity index (χ1v) is 6.46. The minimum absolute atomic E-state index is 0.00421. The Morgan fingerprint density at radius 1 is 1.10 bits per heavy atom. The summed E-state index contributed by atoms with van der Waals surface area (Å²) >= 11 is 0. The summed E-state index contributed by atoms with van der Waals surface area (Å²) in [4.78, 5) is 22.8. The fourth-order valence-electron chi connectivity index (χ4n) is 2.21. The number of benzene rings is 1. The van der Waals surface area contributed by atoms with Crippen molar-refractivity contribution in [2.45, 2.75) is 37.4 Å². The van der Waals surface area contributed by atoms with Crippen LogP contribution in [0.3, 0.4) is 0 Å². The summed E-state index contributed by atoms with van der Waals surface area (Å²) in [7, 11) is 0. The van der Waals surface area contributed by atoms with Crippen molar-refractivity contribution < 1.29 is 34.8 Å². The molecule has 7 heteroatoms. The number of Topliss-reactive ketones (excluding diaryl/α,β-unsaturated/α-hetero) is 1. The van der Waals surface area contributed by atoms with E-state index in [1.807, 2.05) is 0 Å². The maximum Gasteiger partial charge on any atom is 0.335 e. The SMILES string of the molecule is O=C(O)c1cccc(C(=O)CCC2OC(O)[C@H](O)[C@@H]2O)c1. The van der Waals surface area contributed by atoms with Crippen molar-refractivity contribution >= 4 is 11.8 Å². The highest BCUT2D eigenvalue weighted by Crippen LogP contribution is 2.23. The van der Waals surface area contributed by atoms with Gasteiger partial charge in [0.05, 0.1) is 11.7 Å². The van der Waals surface area contributed by atoms with Gasteiger partial charge in [-0.3, -0.25) is 4.79 Å². The molecule has 4 N–H and O–H groups in total. The molecule has 1 aliphatic heterocycles. The normalized spacial score (nSPS) is 28.5. The van der Waals surface area contributed by atoms with Crippen LogP contribution in [0.1, 0.15) is 33.6 Å². The molecule has 0 radical (unpaired) electrons. The van der Waals surface area contributed by atoms with Gasteiger partial charge < -0.3 is 25.2 Å². The molecule has 0 aromatic heterocycles. The first-order valence-electron chi connectivity index (χ1n) is 6.46. The zero-order valence-corrected chi connectivity index (χ0v) is 11.0. The van der Waals surface area contributed by atoms with Crippen LogP contribution in [0.2, 0.25) is 0 Å². The Kier molecular flexibility index (Phi) is 4.69. The van der Waals surface area contributed by atoms with Crippen LogP contribution in [0.25, 0.3) is 0 Å². The number of hydrogen-bond acceptors (Lipinski definition) is 6. The summed E-state index contributed by atoms with van der Waals surface area (Å²) < 4.78 is 4.94. The average molecular weight is 296 g/mol. The van der Waals surface area contributed by atoms with Crippen LogP contribution in [0, 0.1) is 0 Å². The number of carbonyl (C=O) groups excluding carboxylic acids is 1. The van der Waals surface area contributed by atoms with E-state index < -0.39 is 30.6 Å². The van der Waals surface area contributed by atoms with Crippen molar-refractivity contribution in [3.63, 3.8) is 0 Å². The number of ketones is 1. The second kappa shape index (κ2) is 6.31. The van der Waals surface area contributed by atoms with Crippen molar-refractivity contribution in [3.8, 4) is 0 Å². The zero-order valence-electron chi connectivity index (χ0n) is 11.0. The van der Waals surface area contributed by atoms with Crippen LogP contribution in [0.4, 0.5) is 0 Å². The van der Waals surface area contributed by atoms with Gasteiger partial charge in [-0.1, -0.05) is 12.1 Å². The molecule has 0 bridgehead atoms. The van der Waals surface area contributed by atoms with E-state index in [4.69, 9.17) is 9.84 Å². The molecule has 21 heavy (non-hydrogen) atoms. The highest BCUT2D eigenvalue weighted by atomic mass is 16.6. The summed E-state index contributed by atoms with van der Waals surface area (Å²) in [6.07, 6.45) is -4.81. The van der Waals surface area contributed by atoms with Crippen molar-refractivity contribution in [2.24, 2.45) is 0 Å². The maximum absolute atomic E-state index is 12.0. The summed E-state index contributed by atoms with van der Waals surface area (Å²) in [6, 6.07) is 5.64. The molecule has 1 aliphatic rings. The van der Waals surface area contributed by atoms with Crippen LogP contribution in [0.5, 0.6) is 0 Å². The van der Waals surface area contributed by atoms with Gasteiger partial charge in [-0.05, 0) is 18.6 Å². The van der Waals surface area contributed by atoms with Crippen LogP contribution >= 0.6 is 0 Å². The lowest BCUT2D eigenvalue weighted by Gasteiger charge is -2.13. The molecular formula is C14H16O7. The quantitative estimate of drug-likeness (QED) is 0.554. The molecule has 1 saturated heterocycles. The van der Waals surface area contributed by atoms with E-state index in [1.165, 1.54) is 24.3 Å². The Hall–Kier alpha value is -1.80. The molecule has 1 aromatic rings. The lowest BCUT2D eigenvalue weighted by molar-refractivity contribution is -0.127. The molecule has 1 fully saturated rings. The van der Waals surface area contributed by atoms with Gasteiger partial charge in [0.1, 0.15) is 12.2 Å². The van der Waals surface area contributed by atoms with Crippen LogP contribution in [-0.2, 0) is 4.74 Å². The van der Waals surface area contributed by atoms with Crippen LogP contribution < -0.4 is 0 Å². The Morgan fingerprint density at radius 3 is 2.33 bits per heavy atom. The summed E-state index contributed by atoms with van der Waals surface area (Å²) in [5, 5.41) is 37.0. The van der Waals surface area contributed by atoms with E-state index in [0.717, 1.165) is 0 Å². The van der Waals surface area contributed by atoms with Gasteiger partial charge in [0.25, 0.3) is 0 Å². The Labute approximate surface area is 120 Å². The molecule has 2 unspecified atom stereocenters. The first-order chi connectivity index (χ1) is 9.90. The fourth-order valence-corrected chi connectivity index (χ4v) is 2.21. The van der Waals surface area contributed by atoms with E-state index in [9.17, 15) is 24.9 Å². The lowest BCUT2D eigenvalue weighted by Crippen LogP contribution is -2.32. The Morgan fingerprint density at radius 2 is 1.76 bits per heavy atom. The number of hydrogen-bond donors (Lipinski definition) is 4. The molecule has 2 rings (SSSR count). The number of carbonyl (C=O) groups is 2. The third-order valence-electron chi connectivity index (χ3n) is 3.42. The van der Waals surface area contributed by atoms with Gasteiger partial charge in [-0.2, -0.15) is 0 Å². The maximum atomic E-state index is 12.0. The van der Waals surface area contributed by atoms with E-state index >= 15 is 0 Å². The second-order valence-electron chi connectivity index (χ2n) is 4.89. The van der Waals surface area contributed by atoms with Crippen molar-refractivity contribution in [1.82, 2.24) is 0 Å². The van der Waals surface area contributed by atoms with E-state index in [-0.39, 0.29) is 29.8 Å². The number of aromatic carboxylic acids is 1. The number of aliphatic hydroxyl groups is 3. The summed E-state index contributed by atoms with van der Waals surface area (Å²) in [5.74, 6) is -1.42. The smallest absolute Gasteiger partial charge is 0.335 e. The average Bonchev–Trinajstić information content (AvgIpc) is 2.72. The van der Waals surface area contributed by atoms with Gasteiger partial charge in [-0.25, -0.2) is 4.79 Å². The molecule has 7 nitrogen and oxygen atoms in total. The van der Waals surface area contributed by atoms with E-state index in [2.05, 4.69) is 0 Å². The lowest BCUT2D eigenvalue weighted by atomic mass is 10.00. The number of carboxylic acid groups (broad SMARTS) is 1. The molecule has 4 atom stereocenters. The zero-order chi connectivity index (χ0) is 15.6. The summed E-state index contributed by atoms with van der Waals surface area (Å²) in [6.45, 7) is 0. The van der Waals surface area contributed by atoms with E-state index in [0.29, 0.717) is 0 Å². The summed E-state index contributed by atoms with van der Waals surface area (Å²) in [5.41, 5.74) is 0.271. The minimum atomic E-state index is -1.46. The molecular weight excluding hydrogens is 280 g/mol. The van der Waals surface area contributed by atoms with Crippen LogP contribution in [-0.4, -0.2) is 56.8 Å². The molecule has 1 aromatic carbocycles. The monoisotopic (exact) mass is 296 g/mol. The fraction of sp³-hybridized carbons (Fsp3) is 0.429. The molecule has 1 heterocycles. The topological polar surface area (TPSA) is 124 Å². The van der Waals surface area contributed by atoms with Crippen molar-refractivity contribution in [2.75, 3.05) is 0 Å². The molecule has 0 spiro atoms. The highest BCUT2D eigenvalue weighted by Gasteiger charge is 2.41. The third-order valence-corrected chi connectivity index (χ3v) is 3.42. The largest absolute Gasteiger partial charge is 0.478 e. The second-order valence-corrected chi connectivity index (χ2v) is 4.89. The molecule has 0 saturated carbocycles. The predicted octanol–water partition coefficient (Wildman–Crippen LogP) is -0.213. The standard InChI is InChI=1S/C14H16O7/c15-9(7-2-1-3-8(6-7)13(18)19)4-5-10-11(16)12(17)14(20)21-10/h1-3,6,10-12,14,16-17,20H,4-5H2,(H,18,19)/t10?,11-,12-,14?/m1/s1. The third kappa shape index (κ3) is 3.45. The van der Waals surface area contributed by atoms with E-state index in [1.54, 1.807) is 0 Å². The number of ether oxygens (including phenoxy) is 1. The predicted molar refractivity (Wildman–Crippen MR) is 69.9 cm³/mol. The molecule has 114 valence electrons. The molecule has 0 amide bonds. The van der Waals surface area contributed by atoms with Gasteiger partial charge >= 0.3 is 5.97 Å². The Bertz CT molecular complexity index is 542. The molecule has 0 aliphatic carbocycles. The van der Waals surface area contributed by atoms with Gasteiger partial charge in [0.2, 0.25) is 0 Å². The first kappa shape index (κ1) is 15.6. The number of rotatable bonds is 5. The van der Waals surface area contributed by atoms with Gasteiger partial charge in [0.15, 0.2) is 12.1 Å². The Balaban J connectivity index is 1.96. The number of aliphatic hydroxyl groups excluding tert-OH is 3. The number of carboxylic acids is 1. The van der Waals surface area contributed by atoms with Crippen molar-refractivity contribution in [3.05, 3.63) is 35.4 Å². The van der Waals surface area contributed by atoms with Gasteiger partial charge in [-0.15, -0.1) is 0 Å². The van der Waals surface area contributed by atoms with Crippen LogP contribution in [0.15, 0.2) is 24.3 Å². The van der Waals surface area contributed by atoms with Gasteiger partial charge in [0, 0.05) is 12.0 Å². The highest BCUT2D eigenvalue weighted by molar-refractivity contribution is 5.98. The minimum Gasteiger partial charge on any atom is -0.478 e. The van der Waals surface area contributed by atoms with Crippen molar-refractivity contribution in [1.29, 1.82) is 0 Å².